The van der Waals surface area contributed by atoms with Crippen LogP contribution in [0.1, 0.15) is 16.7 Å². The molecule has 0 aliphatic carbocycles. The van der Waals surface area contributed by atoms with Crippen molar-refractivity contribution in [2.75, 3.05) is 7.11 Å². The number of halogens is 1. The fourth-order valence-electron chi connectivity index (χ4n) is 1.47. The Bertz CT molecular complexity index is 339. The zero-order valence-corrected chi connectivity index (χ0v) is 10.1. The zero-order chi connectivity index (χ0) is 10.7. The molecule has 78 valence electrons. The smallest absolute Gasteiger partial charge is 0.127 e. The molecule has 0 radical (unpaired) electrons. The second kappa shape index (κ2) is 4.77. The molecule has 0 amide bonds. The van der Waals surface area contributed by atoms with E-state index in [2.05, 4.69) is 21.4 Å². The van der Waals surface area contributed by atoms with Crippen LogP contribution >= 0.6 is 15.9 Å². The van der Waals surface area contributed by atoms with Crippen LogP contribution in [-0.2, 0) is 6.54 Å². The van der Waals surface area contributed by atoms with Gasteiger partial charge in [-0.2, -0.15) is 0 Å². The summed E-state index contributed by atoms with van der Waals surface area (Å²) >= 11 is 3.46. The van der Waals surface area contributed by atoms with Crippen molar-refractivity contribution in [3.8, 4) is 5.75 Å². The average molecular weight is 260 g/mol. The molecule has 0 saturated heterocycles. The summed E-state index contributed by atoms with van der Waals surface area (Å²) < 4.78 is 6.33. The first-order valence-corrected chi connectivity index (χ1v) is 5.10. The minimum Gasteiger partial charge on any atom is -0.496 e. The van der Waals surface area contributed by atoms with Crippen molar-refractivity contribution in [2.24, 2.45) is 0 Å². The van der Waals surface area contributed by atoms with E-state index >= 15 is 0 Å². The summed E-state index contributed by atoms with van der Waals surface area (Å²) in [5, 5.41) is 8.71. The summed E-state index contributed by atoms with van der Waals surface area (Å²) in [5.74, 6) is 0.818. The molecule has 0 spiro atoms. The lowest BCUT2D eigenvalue weighted by molar-refractivity contribution is 0.160. The maximum atomic E-state index is 8.71. The minimum absolute atomic E-state index is 0.392. The predicted octanol–water partition coefficient (Wildman–Crippen LogP) is 2.55. The monoisotopic (exact) mass is 259 g/mol. The van der Waals surface area contributed by atoms with Crippen molar-refractivity contribution < 1.29 is 9.94 Å². The second-order valence-electron chi connectivity index (χ2n) is 3.15. The molecular weight excluding hydrogens is 246 g/mol. The van der Waals surface area contributed by atoms with Crippen molar-refractivity contribution in [1.29, 1.82) is 0 Å². The van der Waals surface area contributed by atoms with Crippen LogP contribution in [0, 0.1) is 13.8 Å². The van der Waals surface area contributed by atoms with E-state index in [0.29, 0.717) is 6.54 Å². The zero-order valence-electron chi connectivity index (χ0n) is 8.52. The highest BCUT2D eigenvalue weighted by molar-refractivity contribution is 9.10. The van der Waals surface area contributed by atoms with E-state index in [1.54, 1.807) is 7.11 Å². The molecule has 14 heavy (non-hydrogen) atoms. The molecule has 1 aromatic rings. The van der Waals surface area contributed by atoms with Gasteiger partial charge in [0, 0.05) is 22.1 Å². The van der Waals surface area contributed by atoms with Gasteiger partial charge in [-0.1, -0.05) is 15.9 Å². The Morgan fingerprint density at radius 1 is 1.50 bits per heavy atom. The van der Waals surface area contributed by atoms with Crippen molar-refractivity contribution in [3.05, 3.63) is 27.2 Å². The molecule has 0 heterocycles. The fraction of sp³-hybridized carbons (Fsp3) is 0.400. The molecule has 0 unspecified atom stereocenters. The standard InChI is InChI=1S/C10H14BrNO2/c1-6-4-9(11)7(2)10(14-3)8(6)5-12-13/h4,12-13H,5H2,1-3H3. The fourth-order valence-corrected chi connectivity index (χ4v) is 2.00. The predicted molar refractivity (Wildman–Crippen MR) is 58.8 cm³/mol. The van der Waals surface area contributed by atoms with Gasteiger partial charge in [-0.15, -0.1) is 0 Å². The van der Waals surface area contributed by atoms with Crippen LogP contribution in [0.2, 0.25) is 0 Å². The topological polar surface area (TPSA) is 41.5 Å². The van der Waals surface area contributed by atoms with Crippen molar-refractivity contribution in [1.82, 2.24) is 5.48 Å². The number of ether oxygens (including phenoxy) is 1. The lowest BCUT2D eigenvalue weighted by Crippen LogP contribution is -2.10. The molecular formula is C10H14BrNO2. The van der Waals surface area contributed by atoms with Gasteiger partial charge in [-0.25, -0.2) is 5.48 Å². The second-order valence-corrected chi connectivity index (χ2v) is 4.00. The number of nitrogens with one attached hydrogen (secondary N) is 1. The van der Waals surface area contributed by atoms with Crippen LogP contribution in [0.15, 0.2) is 10.5 Å². The number of benzene rings is 1. The lowest BCUT2D eigenvalue weighted by Gasteiger charge is -2.15. The van der Waals surface area contributed by atoms with E-state index < -0.39 is 0 Å². The summed E-state index contributed by atoms with van der Waals surface area (Å²) in [7, 11) is 1.63. The van der Waals surface area contributed by atoms with Gasteiger partial charge in [0.2, 0.25) is 0 Å². The van der Waals surface area contributed by atoms with Crippen LogP contribution in [0.5, 0.6) is 5.75 Å². The maximum Gasteiger partial charge on any atom is 0.127 e. The molecule has 1 rings (SSSR count). The van der Waals surface area contributed by atoms with Gasteiger partial charge < -0.3 is 9.94 Å². The summed E-state index contributed by atoms with van der Waals surface area (Å²) in [6.07, 6.45) is 0. The molecule has 4 heteroatoms. The first-order valence-electron chi connectivity index (χ1n) is 4.31. The van der Waals surface area contributed by atoms with Crippen LogP contribution in [-0.4, -0.2) is 12.3 Å². The maximum absolute atomic E-state index is 8.71. The number of hydrogen-bond acceptors (Lipinski definition) is 3. The Labute approximate surface area is 92.2 Å². The average Bonchev–Trinajstić information content (AvgIpc) is 2.15. The molecule has 0 aliphatic rings. The van der Waals surface area contributed by atoms with E-state index in [0.717, 1.165) is 26.9 Å². The molecule has 3 nitrogen and oxygen atoms in total. The van der Waals surface area contributed by atoms with Crippen LogP contribution < -0.4 is 10.2 Å². The number of aryl methyl sites for hydroxylation is 1. The number of rotatable bonds is 3. The Morgan fingerprint density at radius 3 is 2.64 bits per heavy atom. The van der Waals surface area contributed by atoms with Gasteiger partial charge in [-0.05, 0) is 25.5 Å². The molecule has 1 aromatic carbocycles. The number of hydroxylamine groups is 1. The van der Waals surface area contributed by atoms with Crippen molar-refractivity contribution in [2.45, 2.75) is 20.4 Å². The minimum atomic E-state index is 0.392. The van der Waals surface area contributed by atoms with Gasteiger partial charge in [-0.3, -0.25) is 0 Å². The Hall–Kier alpha value is -0.580. The summed E-state index contributed by atoms with van der Waals surface area (Å²) in [6.45, 7) is 4.35. The summed E-state index contributed by atoms with van der Waals surface area (Å²) in [6, 6.07) is 2.02. The van der Waals surface area contributed by atoms with Crippen LogP contribution in [0.25, 0.3) is 0 Å². The third-order valence-corrected chi connectivity index (χ3v) is 3.08. The first-order chi connectivity index (χ1) is 6.61. The molecule has 0 aromatic heterocycles. The van der Waals surface area contributed by atoms with Crippen LogP contribution in [0.3, 0.4) is 0 Å². The highest BCUT2D eigenvalue weighted by atomic mass is 79.9. The SMILES string of the molecule is COc1c(C)c(Br)cc(C)c1CNO. The van der Waals surface area contributed by atoms with E-state index in [-0.39, 0.29) is 0 Å². The van der Waals surface area contributed by atoms with Gasteiger partial charge >= 0.3 is 0 Å². The van der Waals surface area contributed by atoms with Gasteiger partial charge in [0.15, 0.2) is 0 Å². The third-order valence-electron chi connectivity index (χ3n) is 2.25. The lowest BCUT2D eigenvalue weighted by atomic mass is 10.0. The van der Waals surface area contributed by atoms with Gasteiger partial charge in [0.05, 0.1) is 7.11 Å². The summed E-state index contributed by atoms with van der Waals surface area (Å²) in [4.78, 5) is 0. The highest BCUT2D eigenvalue weighted by Gasteiger charge is 2.12. The highest BCUT2D eigenvalue weighted by Crippen LogP contribution is 2.32. The van der Waals surface area contributed by atoms with Crippen LogP contribution in [0.4, 0.5) is 0 Å². The first kappa shape index (κ1) is 11.5. The van der Waals surface area contributed by atoms with E-state index in [1.165, 1.54) is 0 Å². The molecule has 0 fully saturated rings. The van der Waals surface area contributed by atoms with E-state index in [9.17, 15) is 0 Å². The normalized spacial score (nSPS) is 10.4. The molecule has 0 aliphatic heterocycles. The number of methoxy groups -OCH3 is 1. The van der Waals surface area contributed by atoms with E-state index in [1.807, 2.05) is 19.9 Å². The summed E-state index contributed by atoms with van der Waals surface area (Å²) in [5.41, 5.74) is 5.26. The molecule has 0 atom stereocenters. The Morgan fingerprint density at radius 2 is 2.14 bits per heavy atom. The number of hydrogen-bond donors (Lipinski definition) is 2. The quantitative estimate of drug-likeness (QED) is 0.820. The molecule has 2 N–H and O–H groups in total. The largest absolute Gasteiger partial charge is 0.496 e. The van der Waals surface area contributed by atoms with Crippen molar-refractivity contribution in [3.63, 3.8) is 0 Å². The third kappa shape index (κ3) is 2.08. The van der Waals surface area contributed by atoms with Gasteiger partial charge in [0.25, 0.3) is 0 Å². The van der Waals surface area contributed by atoms with Gasteiger partial charge in [0.1, 0.15) is 5.75 Å². The van der Waals surface area contributed by atoms with Crippen molar-refractivity contribution >= 4 is 15.9 Å². The Kier molecular flexibility index (Phi) is 3.92. The molecule has 0 saturated carbocycles. The Balaban J connectivity index is 3.31. The van der Waals surface area contributed by atoms with E-state index in [4.69, 9.17) is 9.94 Å². The molecule has 0 bridgehead atoms.